The van der Waals surface area contributed by atoms with Gasteiger partial charge in [-0.3, -0.25) is 24.6 Å². The zero-order chi connectivity index (χ0) is 22.7. The monoisotopic (exact) mass is 454 g/mol. The second-order valence-corrected chi connectivity index (χ2v) is 8.43. The van der Waals surface area contributed by atoms with Crippen LogP contribution in [0.3, 0.4) is 0 Å². The maximum absolute atomic E-state index is 13.0. The van der Waals surface area contributed by atoms with Crippen molar-refractivity contribution in [1.82, 2.24) is 20.1 Å². The first kappa shape index (κ1) is 22.2. The molecule has 2 aromatic rings. The quantitative estimate of drug-likeness (QED) is 0.379. The number of nitrogens with zero attached hydrogens (tertiary/aromatic N) is 2. The summed E-state index contributed by atoms with van der Waals surface area (Å²) in [6.07, 6.45) is 7.71. The molecule has 0 bridgehead atoms. The third-order valence-corrected chi connectivity index (χ3v) is 6.18. The number of nitrogens with one attached hydrogen (secondary N) is 2. The molecule has 2 aliphatic rings. The normalized spacial score (nSPS) is 18.6. The van der Waals surface area contributed by atoms with Gasteiger partial charge in [0.15, 0.2) is 5.11 Å². The van der Waals surface area contributed by atoms with Gasteiger partial charge >= 0.3 is 0 Å². The van der Waals surface area contributed by atoms with Gasteiger partial charge in [0.05, 0.1) is 13.2 Å². The van der Waals surface area contributed by atoms with Gasteiger partial charge in [-0.2, -0.15) is 0 Å². The molecule has 1 aliphatic carbocycles. The summed E-state index contributed by atoms with van der Waals surface area (Å²) in [6.45, 7) is 0.712. The molecule has 0 unspecified atom stereocenters. The van der Waals surface area contributed by atoms with Gasteiger partial charge in [0.1, 0.15) is 12.1 Å². The minimum absolute atomic E-state index is 0.00647. The van der Waals surface area contributed by atoms with Crippen molar-refractivity contribution in [2.75, 3.05) is 20.3 Å². The fourth-order valence-corrected chi connectivity index (χ4v) is 4.52. The number of thiocarbonyl (C=S) groups is 1. The van der Waals surface area contributed by atoms with Gasteiger partial charge in [-0.15, -0.1) is 0 Å². The summed E-state index contributed by atoms with van der Waals surface area (Å²) in [4.78, 5) is 39.4. The maximum Gasteiger partial charge on any atom is 0.265 e. The predicted molar refractivity (Wildman–Crippen MR) is 125 cm³/mol. The number of carbonyl (C=O) groups excluding carboxylic acids is 3. The number of ether oxygens (including phenoxy) is 1. The van der Waals surface area contributed by atoms with Crippen LogP contribution in [-0.2, 0) is 25.7 Å². The number of fused-ring (bicyclic) bond motifs is 1. The van der Waals surface area contributed by atoms with E-state index < -0.39 is 11.8 Å². The molecule has 2 N–H and O–H groups in total. The Morgan fingerprint density at radius 1 is 1.28 bits per heavy atom. The van der Waals surface area contributed by atoms with Gasteiger partial charge in [0.2, 0.25) is 5.91 Å². The van der Waals surface area contributed by atoms with E-state index in [1.807, 2.05) is 28.8 Å². The molecule has 1 aromatic heterocycles. The van der Waals surface area contributed by atoms with Gasteiger partial charge < -0.3 is 14.6 Å². The Labute approximate surface area is 191 Å². The second kappa shape index (κ2) is 9.62. The van der Waals surface area contributed by atoms with E-state index in [0.717, 1.165) is 36.6 Å². The predicted octanol–water partition coefficient (Wildman–Crippen LogP) is 1.97. The van der Waals surface area contributed by atoms with Crippen LogP contribution in [0.25, 0.3) is 17.0 Å². The summed E-state index contributed by atoms with van der Waals surface area (Å²) in [5, 5.41) is 6.59. The van der Waals surface area contributed by atoms with E-state index in [9.17, 15) is 14.4 Å². The molecule has 168 valence electrons. The third kappa shape index (κ3) is 4.58. The molecule has 4 rings (SSSR count). The van der Waals surface area contributed by atoms with E-state index in [4.69, 9.17) is 17.0 Å². The van der Waals surface area contributed by atoms with Crippen LogP contribution in [0.1, 0.15) is 31.2 Å². The number of carbonyl (C=O) groups is 3. The fourth-order valence-electron chi connectivity index (χ4n) is 4.25. The highest BCUT2D eigenvalue weighted by molar-refractivity contribution is 7.80. The van der Waals surface area contributed by atoms with Crippen LogP contribution in [0.2, 0.25) is 0 Å². The largest absolute Gasteiger partial charge is 0.383 e. The first-order valence-electron chi connectivity index (χ1n) is 10.7. The van der Waals surface area contributed by atoms with Crippen molar-refractivity contribution in [3.8, 4) is 0 Å². The Morgan fingerprint density at radius 3 is 2.78 bits per heavy atom. The number of amides is 3. The zero-order valence-corrected chi connectivity index (χ0v) is 18.7. The first-order chi connectivity index (χ1) is 15.5. The SMILES string of the molecule is COCCN1C(=O)/C(=C/c2cn(CC(=O)NC3CCCC3)c3ccccc23)C(=O)NC1=S. The van der Waals surface area contributed by atoms with E-state index in [2.05, 4.69) is 10.6 Å². The van der Waals surface area contributed by atoms with Crippen LogP contribution in [0.4, 0.5) is 0 Å². The van der Waals surface area contributed by atoms with E-state index in [-0.39, 0.29) is 35.7 Å². The van der Waals surface area contributed by atoms with Crippen LogP contribution in [0.15, 0.2) is 36.0 Å². The molecular formula is C23H26N4O4S. The molecule has 1 aromatic carbocycles. The highest BCUT2D eigenvalue weighted by Crippen LogP contribution is 2.25. The Balaban J connectivity index is 1.63. The number of hydrogen-bond donors (Lipinski definition) is 2. The summed E-state index contributed by atoms with van der Waals surface area (Å²) in [7, 11) is 1.53. The lowest BCUT2D eigenvalue weighted by Crippen LogP contribution is -2.54. The van der Waals surface area contributed by atoms with Gasteiger partial charge in [0.25, 0.3) is 11.8 Å². The number of benzene rings is 1. The standard InChI is InChI=1S/C23H26N4O4S/c1-31-11-10-27-22(30)18(21(29)25-23(27)32)12-15-13-26(19-9-5-4-8-17(15)19)14-20(28)24-16-6-2-3-7-16/h4-5,8-9,12-13,16H,2-3,6-7,10-11,14H2,1H3,(H,24,28)(H,25,29,32)/b18-12+. The molecular weight excluding hydrogens is 428 g/mol. The molecule has 3 amide bonds. The molecule has 32 heavy (non-hydrogen) atoms. The van der Waals surface area contributed by atoms with Gasteiger partial charge in [-0.05, 0) is 37.2 Å². The number of para-hydroxylation sites is 1. The van der Waals surface area contributed by atoms with E-state index in [1.165, 1.54) is 12.0 Å². The molecule has 0 radical (unpaired) electrons. The zero-order valence-electron chi connectivity index (χ0n) is 17.9. The first-order valence-corrected chi connectivity index (χ1v) is 11.1. The molecule has 1 saturated carbocycles. The van der Waals surface area contributed by atoms with E-state index in [1.54, 1.807) is 12.3 Å². The summed E-state index contributed by atoms with van der Waals surface area (Å²) < 4.78 is 6.89. The molecule has 1 aliphatic heterocycles. The molecule has 9 heteroatoms. The molecule has 2 heterocycles. The summed E-state index contributed by atoms with van der Waals surface area (Å²) in [5.74, 6) is -1.05. The number of hydrogen-bond acceptors (Lipinski definition) is 5. The minimum Gasteiger partial charge on any atom is -0.383 e. The van der Waals surface area contributed by atoms with Crippen molar-refractivity contribution >= 4 is 52.0 Å². The van der Waals surface area contributed by atoms with Crippen molar-refractivity contribution in [1.29, 1.82) is 0 Å². The summed E-state index contributed by atoms with van der Waals surface area (Å²) in [6, 6.07) is 7.86. The van der Waals surface area contributed by atoms with Crippen LogP contribution in [0, 0.1) is 0 Å². The molecule has 0 spiro atoms. The van der Waals surface area contributed by atoms with Crippen molar-refractivity contribution in [3.05, 3.63) is 41.6 Å². The van der Waals surface area contributed by atoms with E-state index in [0.29, 0.717) is 12.2 Å². The van der Waals surface area contributed by atoms with Gasteiger partial charge in [0, 0.05) is 35.8 Å². The van der Waals surface area contributed by atoms with E-state index >= 15 is 0 Å². The molecule has 2 fully saturated rings. The number of methoxy groups -OCH3 is 1. The molecule has 8 nitrogen and oxygen atoms in total. The minimum atomic E-state index is -0.538. The third-order valence-electron chi connectivity index (χ3n) is 5.86. The highest BCUT2D eigenvalue weighted by atomic mass is 32.1. The lowest BCUT2D eigenvalue weighted by Gasteiger charge is -2.28. The second-order valence-electron chi connectivity index (χ2n) is 8.05. The van der Waals surface area contributed by atoms with Crippen molar-refractivity contribution < 1.29 is 19.1 Å². The highest BCUT2D eigenvalue weighted by Gasteiger charge is 2.33. The van der Waals surface area contributed by atoms with Gasteiger partial charge in [-0.25, -0.2) is 0 Å². The lowest BCUT2D eigenvalue weighted by molar-refractivity contribution is -0.129. The van der Waals surface area contributed by atoms with Crippen molar-refractivity contribution in [3.63, 3.8) is 0 Å². The Hall–Kier alpha value is -3.04. The number of aromatic nitrogens is 1. The lowest BCUT2D eigenvalue weighted by atomic mass is 10.1. The Kier molecular flexibility index (Phi) is 6.66. The van der Waals surface area contributed by atoms with Crippen molar-refractivity contribution in [2.45, 2.75) is 38.3 Å². The average molecular weight is 455 g/mol. The van der Waals surface area contributed by atoms with Crippen LogP contribution in [-0.4, -0.2) is 58.6 Å². The Morgan fingerprint density at radius 2 is 2.03 bits per heavy atom. The fraction of sp³-hybridized carbons (Fsp3) is 0.391. The van der Waals surface area contributed by atoms with Gasteiger partial charge in [-0.1, -0.05) is 31.0 Å². The summed E-state index contributed by atoms with van der Waals surface area (Å²) >= 11 is 5.14. The van der Waals surface area contributed by atoms with Crippen LogP contribution in [0.5, 0.6) is 0 Å². The average Bonchev–Trinajstić information content (AvgIpc) is 3.39. The number of rotatable bonds is 7. The summed E-state index contributed by atoms with van der Waals surface area (Å²) in [5.41, 5.74) is 1.54. The maximum atomic E-state index is 13.0. The molecule has 1 saturated heterocycles. The van der Waals surface area contributed by atoms with Crippen LogP contribution < -0.4 is 10.6 Å². The topological polar surface area (TPSA) is 92.7 Å². The Bertz CT molecular complexity index is 1100. The van der Waals surface area contributed by atoms with Crippen molar-refractivity contribution in [2.24, 2.45) is 0 Å². The molecule has 0 atom stereocenters. The smallest absolute Gasteiger partial charge is 0.265 e. The van der Waals surface area contributed by atoms with Crippen LogP contribution >= 0.6 is 12.2 Å².